The fourth-order valence-corrected chi connectivity index (χ4v) is 3.73. The summed E-state index contributed by atoms with van der Waals surface area (Å²) in [6, 6.07) is 12.2. The lowest BCUT2D eigenvalue weighted by atomic mass is 9.91. The highest BCUT2D eigenvalue weighted by Crippen LogP contribution is 2.31. The first-order chi connectivity index (χ1) is 12.1. The predicted octanol–water partition coefficient (Wildman–Crippen LogP) is 4.31. The Hall–Kier alpha value is -2.33. The van der Waals surface area contributed by atoms with Gasteiger partial charge in [-0.15, -0.1) is 0 Å². The van der Waals surface area contributed by atoms with E-state index in [1.807, 2.05) is 17.0 Å². The smallest absolute Gasteiger partial charge is 0.274 e. The lowest BCUT2D eigenvalue weighted by Crippen LogP contribution is -2.39. The van der Waals surface area contributed by atoms with Crippen molar-refractivity contribution in [2.24, 2.45) is 0 Å². The van der Waals surface area contributed by atoms with Gasteiger partial charge in [-0.2, -0.15) is 5.10 Å². The summed E-state index contributed by atoms with van der Waals surface area (Å²) in [5.41, 5.74) is 5.24. The molecule has 1 aromatic carbocycles. The number of rotatable bonds is 2. The molecule has 4 rings (SSSR count). The first-order valence-corrected chi connectivity index (χ1v) is 9.02. The third kappa shape index (κ3) is 2.81. The first kappa shape index (κ1) is 16.2. The Balaban J connectivity index is 1.67. The zero-order valence-electron chi connectivity index (χ0n) is 14.4. The van der Waals surface area contributed by atoms with Gasteiger partial charge in [0, 0.05) is 12.7 Å². The molecule has 1 atom stereocenters. The fourth-order valence-electron chi connectivity index (χ4n) is 3.57. The molecule has 3 heterocycles. The number of fused-ring (bicyclic) bond motifs is 2. The summed E-state index contributed by atoms with van der Waals surface area (Å²) >= 11 is 6.01. The molecule has 2 aromatic heterocycles. The molecule has 1 aliphatic rings. The summed E-state index contributed by atoms with van der Waals surface area (Å²) < 4.78 is 1.66. The van der Waals surface area contributed by atoms with Crippen molar-refractivity contribution in [3.8, 4) is 0 Å². The SMILES string of the molecule is CCc1ccc2c(c1)C(C)N(C(=O)c1cc3ccc(Cl)cn3n1)CC2. The van der Waals surface area contributed by atoms with Crippen molar-refractivity contribution in [1.29, 1.82) is 0 Å². The molecule has 0 saturated heterocycles. The van der Waals surface area contributed by atoms with E-state index in [0.29, 0.717) is 17.3 Å². The quantitative estimate of drug-likeness (QED) is 0.688. The van der Waals surface area contributed by atoms with Gasteiger partial charge < -0.3 is 4.90 Å². The van der Waals surface area contributed by atoms with Crippen LogP contribution in [0.1, 0.15) is 47.1 Å². The van der Waals surface area contributed by atoms with Crippen LogP contribution in [0.15, 0.2) is 42.6 Å². The molecule has 1 aliphatic heterocycles. The van der Waals surface area contributed by atoms with Gasteiger partial charge >= 0.3 is 0 Å². The van der Waals surface area contributed by atoms with E-state index in [2.05, 4.69) is 37.1 Å². The molecule has 25 heavy (non-hydrogen) atoms. The minimum atomic E-state index is -0.0279. The van der Waals surface area contributed by atoms with Crippen LogP contribution in [0.4, 0.5) is 0 Å². The summed E-state index contributed by atoms with van der Waals surface area (Å²) in [7, 11) is 0. The zero-order valence-corrected chi connectivity index (χ0v) is 15.1. The number of pyridine rings is 1. The van der Waals surface area contributed by atoms with Gasteiger partial charge in [0.1, 0.15) is 0 Å². The third-order valence-corrected chi connectivity index (χ3v) is 5.29. The van der Waals surface area contributed by atoms with Crippen LogP contribution in [0.5, 0.6) is 0 Å². The number of benzene rings is 1. The molecule has 0 fully saturated rings. The zero-order chi connectivity index (χ0) is 17.6. The van der Waals surface area contributed by atoms with Crippen LogP contribution in [-0.4, -0.2) is 27.0 Å². The number of carbonyl (C=O) groups excluding carboxylic acids is 1. The summed E-state index contributed by atoms with van der Waals surface area (Å²) in [4.78, 5) is 15.0. The number of aryl methyl sites for hydroxylation is 1. The average Bonchev–Trinajstić information content (AvgIpc) is 3.04. The maximum Gasteiger partial charge on any atom is 0.274 e. The van der Waals surface area contributed by atoms with E-state index >= 15 is 0 Å². The van der Waals surface area contributed by atoms with Gasteiger partial charge in [0.15, 0.2) is 5.69 Å². The summed E-state index contributed by atoms with van der Waals surface area (Å²) in [6.45, 7) is 4.97. The van der Waals surface area contributed by atoms with Crippen molar-refractivity contribution in [2.45, 2.75) is 32.7 Å². The largest absolute Gasteiger partial charge is 0.330 e. The Morgan fingerprint density at radius 1 is 1.28 bits per heavy atom. The van der Waals surface area contributed by atoms with Gasteiger partial charge in [-0.1, -0.05) is 36.7 Å². The topological polar surface area (TPSA) is 37.6 Å². The normalized spacial score (nSPS) is 16.9. The highest BCUT2D eigenvalue weighted by atomic mass is 35.5. The average molecular weight is 354 g/mol. The summed E-state index contributed by atoms with van der Waals surface area (Å²) in [6.07, 6.45) is 3.60. The highest BCUT2D eigenvalue weighted by Gasteiger charge is 2.29. The first-order valence-electron chi connectivity index (χ1n) is 8.64. The van der Waals surface area contributed by atoms with Crippen LogP contribution in [0, 0.1) is 0 Å². The molecule has 0 saturated carbocycles. The van der Waals surface area contributed by atoms with Crippen LogP contribution in [0.25, 0.3) is 5.52 Å². The number of halogens is 1. The molecule has 3 aromatic rings. The number of hydrogen-bond donors (Lipinski definition) is 0. The predicted molar refractivity (Wildman–Crippen MR) is 99.2 cm³/mol. The van der Waals surface area contributed by atoms with E-state index in [0.717, 1.165) is 18.4 Å². The minimum Gasteiger partial charge on any atom is -0.330 e. The summed E-state index contributed by atoms with van der Waals surface area (Å²) in [5.74, 6) is -0.0279. The van der Waals surface area contributed by atoms with E-state index in [-0.39, 0.29) is 11.9 Å². The maximum atomic E-state index is 13.0. The lowest BCUT2D eigenvalue weighted by molar-refractivity contribution is 0.0671. The van der Waals surface area contributed by atoms with E-state index in [9.17, 15) is 4.79 Å². The molecule has 0 bridgehead atoms. The fraction of sp³-hybridized carbons (Fsp3) is 0.300. The molecule has 1 amide bonds. The number of aromatic nitrogens is 2. The molecular weight excluding hydrogens is 334 g/mol. The van der Waals surface area contributed by atoms with Gasteiger partial charge in [0.2, 0.25) is 0 Å². The number of hydrogen-bond acceptors (Lipinski definition) is 2. The highest BCUT2D eigenvalue weighted by molar-refractivity contribution is 6.30. The molecule has 1 unspecified atom stereocenters. The van der Waals surface area contributed by atoms with Crippen molar-refractivity contribution in [2.75, 3.05) is 6.54 Å². The Morgan fingerprint density at radius 3 is 2.92 bits per heavy atom. The van der Waals surface area contributed by atoms with Gasteiger partial charge in [0.05, 0.1) is 16.6 Å². The van der Waals surface area contributed by atoms with Crippen LogP contribution >= 0.6 is 11.6 Å². The van der Waals surface area contributed by atoms with Crippen molar-refractivity contribution in [3.05, 3.63) is 70.0 Å². The van der Waals surface area contributed by atoms with Crippen molar-refractivity contribution >= 4 is 23.0 Å². The Kier molecular flexibility index (Phi) is 4.00. The monoisotopic (exact) mass is 353 g/mol. The maximum absolute atomic E-state index is 13.0. The molecule has 5 heteroatoms. The molecule has 0 spiro atoms. The van der Waals surface area contributed by atoms with Crippen molar-refractivity contribution < 1.29 is 4.79 Å². The van der Waals surface area contributed by atoms with E-state index < -0.39 is 0 Å². The van der Waals surface area contributed by atoms with Gasteiger partial charge in [-0.05, 0) is 54.7 Å². The van der Waals surface area contributed by atoms with Gasteiger partial charge in [-0.25, -0.2) is 4.52 Å². The summed E-state index contributed by atoms with van der Waals surface area (Å²) in [5, 5.41) is 5.01. The van der Waals surface area contributed by atoms with Crippen molar-refractivity contribution in [3.63, 3.8) is 0 Å². The Morgan fingerprint density at radius 2 is 2.12 bits per heavy atom. The molecule has 0 aliphatic carbocycles. The van der Waals surface area contributed by atoms with Crippen molar-refractivity contribution in [1.82, 2.24) is 14.5 Å². The number of nitrogens with zero attached hydrogens (tertiary/aromatic N) is 3. The van der Waals surface area contributed by atoms with Crippen LogP contribution in [0.3, 0.4) is 0 Å². The van der Waals surface area contributed by atoms with Crippen LogP contribution in [0.2, 0.25) is 5.02 Å². The number of amides is 1. The number of carbonyl (C=O) groups is 1. The Bertz CT molecular complexity index is 963. The lowest BCUT2D eigenvalue weighted by Gasteiger charge is -2.35. The van der Waals surface area contributed by atoms with E-state index in [1.165, 1.54) is 16.7 Å². The van der Waals surface area contributed by atoms with E-state index in [4.69, 9.17) is 11.6 Å². The molecular formula is C20H20ClN3O. The second-order valence-electron chi connectivity index (χ2n) is 6.56. The molecule has 4 nitrogen and oxygen atoms in total. The molecule has 128 valence electrons. The second-order valence-corrected chi connectivity index (χ2v) is 6.99. The van der Waals surface area contributed by atoms with Crippen LogP contribution in [-0.2, 0) is 12.8 Å². The van der Waals surface area contributed by atoms with Gasteiger partial charge in [0.25, 0.3) is 5.91 Å². The standard InChI is InChI=1S/C20H20ClN3O/c1-3-14-4-5-15-8-9-23(13(2)18(15)10-14)20(25)19-11-17-7-6-16(21)12-24(17)22-19/h4-7,10-13H,3,8-9H2,1-2H3. The molecule has 0 radical (unpaired) electrons. The minimum absolute atomic E-state index is 0.0279. The van der Waals surface area contributed by atoms with Gasteiger partial charge in [-0.3, -0.25) is 4.79 Å². The third-order valence-electron chi connectivity index (χ3n) is 5.06. The Labute approximate surface area is 152 Å². The second kappa shape index (κ2) is 6.19. The van der Waals surface area contributed by atoms with E-state index in [1.54, 1.807) is 16.8 Å². The van der Waals surface area contributed by atoms with Crippen LogP contribution < -0.4 is 0 Å². The molecule has 0 N–H and O–H groups in total.